The third-order valence-electron chi connectivity index (χ3n) is 4.95. The molecule has 2 aromatic carbocycles. The summed E-state index contributed by atoms with van der Waals surface area (Å²) in [4.78, 5) is 40.3. The van der Waals surface area contributed by atoms with Crippen LogP contribution in [-0.4, -0.2) is 48.8 Å². The van der Waals surface area contributed by atoms with E-state index < -0.39 is 23.7 Å². The Labute approximate surface area is 183 Å². The molecule has 0 fully saturated rings. The Morgan fingerprint density at radius 3 is 2.50 bits per heavy atom. The highest BCUT2D eigenvalue weighted by atomic mass is 19.4. The van der Waals surface area contributed by atoms with E-state index in [-0.39, 0.29) is 37.0 Å². The molecule has 1 heterocycles. The standard InChI is InChI=1S/C22H23F3N4O3/c1-14-11-19(30)27-17-9-5-6-10-18(17)29(14)21(32)13-28(2)12-20(31)26-16-8-4-3-7-15(16)22(23,24)25/h3-10,14H,11-13H2,1-2H3,(H,26,31)(H,27,30). The van der Waals surface area contributed by atoms with Crippen LogP contribution in [0, 0.1) is 0 Å². The van der Waals surface area contributed by atoms with Crippen molar-refractivity contribution < 1.29 is 27.6 Å². The molecule has 0 bridgehead atoms. The van der Waals surface area contributed by atoms with Crippen molar-refractivity contribution in [3.05, 3.63) is 54.1 Å². The molecule has 2 aromatic rings. The molecule has 3 rings (SSSR count). The van der Waals surface area contributed by atoms with Gasteiger partial charge in [-0.05, 0) is 38.2 Å². The number of hydrogen-bond acceptors (Lipinski definition) is 4. The summed E-state index contributed by atoms with van der Waals surface area (Å²) in [5.74, 6) is -1.23. The predicted octanol–water partition coefficient (Wildman–Crippen LogP) is 3.34. The first kappa shape index (κ1) is 23.3. The van der Waals surface area contributed by atoms with Crippen LogP contribution in [-0.2, 0) is 20.6 Å². The minimum absolute atomic E-state index is 0.110. The third kappa shape index (κ3) is 5.44. The summed E-state index contributed by atoms with van der Waals surface area (Å²) >= 11 is 0. The second-order valence-corrected chi connectivity index (χ2v) is 7.65. The molecule has 32 heavy (non-hydrogen) atoms. The number of para-hydroxylation sites is 3. The van der Waals surface area contributed by atoms with E-state index in [1.165, 1.54) is 35.0 Å². The first-order valence-electron chi connectivity index (χ1n) is 9.92. The Morgan fingerprint density at radius 1 is 1.12 bits per heavy atom. The monoisotopic (exact) mass is 448 g/mol. The van der Waals surface area contributed by atoms with Gasteiger partial charge in [-0.25, -0.2) is 0 Å². The van der Waals surface area contributed by atoms with Crippen LogP contribution >= 0.6 is 0 Å². The topological polar surface area (TPSA) is 81.8 Å². The molecule has 0 aliphatic carbocycles. The summed E-state index contributed by atoms with van der Waals surface area (Å²) < 4.78 is 39.4. The molecule has 1 atom stereocenters. The lowest BCUT2D eigenvalue weighted by Crippen LogP contribution is -2.45. The Bertz CT molecular complexity index is 1030. The predicted molar refractivity (Wildman–Crippen MR) is 114 cm³/mol. The number of hydrogen-bond donors (Lipinski definition) is 2. The molecule has 1 unspecified atom stereocenters. The van der Waals surface area contributed by atoms with Gasteiger partial charge in [0.2, 0.25) is 17.7 Å². The maximum Gasteiger partial charge on any atom is 0.418 e. The first-order valence-corrected chi connectivity index (χ1v) is 9.92. The summed E-state index contributed by atoms with van der Waals surface area (Å²) in [5, 5.41) is 5.03. The van der Waals surface area contributed by atoms with E-state index >= 15 is 0 Å². The Balaban J connectivity index is 1.68. The lowest BCUT2D eigenvalue weighted by atomic mass is 10.1. The second kappa shape index (κ2) is 9.39. The zero-order valence-electron chi connectivity index (χ0n) is 17.6. The SMILES string of the molecule is CC1CC(=O)Nc2ccccc2N1C(=O)CN(C)CC(=O)Nc1ccccc1C(F)(F)F. The first-order chi connectivity index (χ1) is 15.1. The van der Waals surface area contributed by atoms with E-state index in [9.17, 15) is 27.6 Å². The second-order valence-electron chi connectivity index (χ2n) is 7.65. The van der Waals surface area contributed by atoms with Gasteiger partial charge in [0.15, 0.2) is 0 Å². The summed E-state index contributed by atoms with van der Waals surface area (Å²) in [6.07, 6.45) is -4.49. The fourth-order valence-electron chi connectivity index (χ4n) is 3.61. The van der Waals surface area contributed by atoms with Crippen molar-refractivity contribution in [2.75, 3.05) is 35.7 Å². The highest BCUT2D eigenvalue weighted by Gasteiger charge is 2.34. The van der Waals surface area contributed by atoms with Gasteiger partial charge in [-0.2, -0.15) is 13.2 Å². The van der Waals surface area contributed by atoms with Crippen LogP contribution in [0.5, 0.6) is 0 Å². The van der Waals surface area contributed by atoms with E-state index in [0.29, 0.717) is 11.4 Å². The lowest BCUT2D eigenvalue weighted by Gasteiger charge is -2.29. The van der Waals surface area contributed by atoms with Crippen LogP contribution in [0.2, 0.25) is 0 Å². The normalized spacial score (nSPS) is 16.2. The van der Waals surface area contributed by atoms with Crippen LogP contribution in [0.1, 0.15) is 18.9 Å². The van der Waals surface area contributed by atoms with E-state index in [1.54, 1.807) is 31.2 Å². The number of carbonyl (C=O) groups is 3. The van der Waals surface area contributed by atoms with Gasteiger partial charge in [-0.3, -0.25) is 19.3 Å². The number of benzene rings is 2. The molecule has 0 saturated heterocycles. The van der Waals surface area contributed by atoms with Gasteiger partial charge in [0.05, 0.1) is 35.7 Å². The molecule has 0 saturated carbocycles. The van der Waals surface area contributed by atoms with Crippen LogP contribution in [0.3, 0.4) is 0 Å². The molecule has 10 heteroatoms. The van der Waals surface area contributed by atoms with Gasteiger partial charge in [-0.15, -0.1) is 0 Å². The summed E-state index contributed by atoms with van der Waals surface area (Å²) in [6.45, 7) is 1.29. The molecule has 0 radical (unpaired) electrons. The summed E-state index contributed by atoms with van der Waals surface area (Å²) in [5.41, 5.74) is -0.226. The number of nitrogens with zero attached hydrogens (tertiary/aromatic N) is 2. The molecule has 3 amide bonds. The average molecular weight is 448 g/mol. The number of likely N-dealkylation sites (N-methyl/N-ethyl adjacent to an activating group) is 1. The van der Waals surface area contributed by atoms with Crippen molar-refractivity contribution in [3.8, 4) is 0 Å². The Kier molecular flexibility index (Phi) is 6.83. The van der Waals surface area contributed by atoms with Crippen molar-refractivity contribution in [1.82, 2.24) is 4.90 Å². The Hall–Kier alpha value is -3.40. The Morgan fingerprint density at radius 2 is 1.78 bits per heavy atom. The van der Waals surface area contributed by atoms with E-state index in [4.69, 9.17) is 0 Å². The zero-order chi connectivity index (χ0) is 23.5. The van der Waals surface area contributed by atoms with Gasteiger partial charge in [0.1, 0.15) is 0 Å². The number of carbonyl (C=O) groups excluding carboxylic acids is 3. The number of amides is 3. The number of alkyl halides is 3. The summed E-state index contributed by atoms with van der Waals surface area (Å²) in [7, 11) is 1.52. The van der Waals surface area contributed by atoms with Crippen molar-refractivity contribution >= 4 is 34.8 Å². The van der Waals surface area contributed by atoms with Gasteiger partial charge in [0.25, 0.3) is 0 Å². The van der Waals surface area contributed by atoms with Gasteiger partial charge in [-0.1, -0.05) is 24.3 Å². The molecule has 170 valence electrons. The van der Waals surface area contributed by atoms with Crippen molar-refractivity contribution in [3.63, 3.8) is 0 Å². The fourth-order valence-corrected chi connectivity index (χ4v) is 3.61. The van der Waals surface area contributed by atoms with Gasteiger partial charge >= 0.3 is 6.18 Å². The number of fused-ring (bicyclic) bond motifs is 1. The smallest absolute Gasteiger partial charge is 0.324 e. The minimum Gasteiger partial charge on any atom is -0.324 e. The lowest BCUT2D eigenvalue weighted by molar-refractivity contribution is -0.137. The molecule has 2 N–H and O–H groups in total. The largest absolute Gasteiger partial charge is 0.418 e. The molecule has 7 nitrogen and oxygen atoms in total. The van der Waals surface area contributed by atoms with E-state index in [1.807, 2.05) is 0 Å². The number of anilines is 3. The molecule has 0 aromatic heterocycles. The van der Waals surface area contributed by atoms with Crippen LogP contribution in [0.15, 0.2) is 48.5 Å². The highest BCUT2D eigenvalue weighted by Crippen LogP contribution is 2.34. The van der Waals surface area contributed by atoms with E-state index in [0.717, 1.165) is 6.07 Å². The van der Waals surface area contributed by atoms with Crippen LogP contribution in [0.25, 0.3) is 0 Å². The molecule has 0 spiro atoms. The molecule has 1 aliphatic rings. The number of halogens is 3. The quantitative estimate of drug-likeness (QED) is 0.735. The summed E-state index contributed by atoms with van der Waals surface area (Å²) in [6, 6.07) is 11.2. The van der Waals surface area contributed by atoms with E-state index in [2.05, 4.69) is 10.6 Å². The molecule has 1 aliphatic heterocycles. The maximum atomic E-state index is 13.1. The minimum atomic E-state index is -4.60. The van der Waals surface area contributed by atoms with Crippen LogP contribution < -0.4 is 15.5 Å². The van der Waals surface area contributed by atoms with Crippen molar-refractivity contribution in [2.45, 2.75) is 25.6 Å². The molecular formula is C22H23F3N4O3. The maximum absolute atomic E-state index is 13.1. The van der Waals surface area contributed by atoms with Crippen LogP contribution in [0.4, 0.5) is 30.2 Å². The van der Waals surface area contributed by atoms with Crippen molar-refractivity contribution in [2.24, 2.45) is 0 Å². The number of nitrogens with one attached hydrogen (secondary N) is 2. The fraction of sp³-hybridized carbons (Fsp3) is 0.318. The average Bonchev–Trinajstić information content (AvgIpc) is 2.81. The zero-order valence-corrected chi connectivity index (χ0v) is 17.6. The van der Waals surface area contributed by atoms with Gasteiger partial charge < -0.3 is 15.5 Å². The molecular weight excluding hydrogens is 425 g/mol. The van der Waals surface area contributed by atoms with Crippen molar-refractivity contribution in [1.29, 1.82) is 0 Å². The van der Waals surface area contributed by atoms with Gasteiger partial charge in [0, 0.05) is 12.5 Å². The third-order valence-corrected chi connectivity index (χ3v) is 4.95. The highest BCUT2D eigenvalue weighted by molar-refractivity contribution is 6.05. The number of rotatable bonds is 5.